The predicted octanol–water partition coefficient (Wildman–Crippen LogP) is 2.00. The molecule has 1 aromatic carbocycles. The number of para-hydroxylation sites is 1. The van der Waals surface area contributed by atoms with Crippen LogP contribution in [0.3, 0.4) is 0 Å². The van der Waals surface area contributed by atoms with E-state index in [1.54, 1.807) is 25.2 Å². The van der Waals surface area contributed by atoms with E-state index in [1.807, 2.05) is 19.1 Å². The number of hydrogen-bond donors (Lipinski definition) is 2. The van der Waals surface area contributed by atoms with Gasteiger partial charge in [0.25, 0.3) is 5.91 Å². The van der Waals surface area contributed by atoms with E-state index in [1.165, 1.54) is 4.68 Å². The Bertz CT molecular complexity index is 677. The Kier molecular flexibility index (Phi) is 4.37. The fourth-order valence-electron chi connectivity index (χ4n) is 2.11. The Balaban J connectivity index is 2.17. The summed E-state index contributed by atoms with van der Waals surface area (Å²) in [6, 6.07) is 8.90. The second-order valence-electron chi connectivity index (χ2n) is 4.80. The number of aliphatic carboxylic acids is 1. The highest BCUT2D eigenvalue weighted by Gasteiger charge is 2.13. The maximum Gasteiger partial charge on any atom is 0.303 e. The molecule has 0 aliphatic carbocycles. The van der Waals surface area contributed by atoms with Crippen molar-refractivity contribution in [3.8, 4) is 0 Å². The summed E-state index contributed by atoms with van der Waals surface area (Å²) in [5.74, 6) is -1.13. The zero-order chi connectivity index (χ0) is 15.4. The molecule has 0 spiro atoms. The average molecular weight is 287 g/mol. The number of carbonyl (C=O) groups excluding carboxylic acids is 1. The molecule has 110 valence electrons. The third-order valence-corrected chi connectivity index (χ3v) is 3.11. The van der Waals surface area contributed by atoms with Crippen molar-refractivity contribution in [2.45, 2.75) is 19.8 Å². The maximum absolute atomic E-state index is 12.3. The number of carbonyl (C=O) groups is 2. The summed E-state index contributed by atoms with van der Waals surface area (Å²) in [5.41, 5.74) is 2.65. The highest BCUT2D eigenvalue weighted by Crippen LogP contribution is 2.18. The lowest BCUT2D eigenvalue weighted by molar-refractivity contribution is -0.136. The highest BCUT2D eigenvalue weighted by atomic mass is 16.4. The van der Waals surface area contributed by atoms with Gasteiger partial charge in [-0.05, 0) is 31.0 Å². The Hall–Kier alpha value is -2.63. The first kappa shape index (κ1) is 14.8. The number of carboxylic acid groups (broad SMARTS) is 1. The lowest BCUT2D eigenvalue weighted by atomic mass is 10.1. The van der Waals surface area contributed by atoms with Gasteiger partial charge in [-0.15, -0.1) is 0 Å². The van der Waals surface area contributed by atoms with Crippen molar-refractivity contribution < 1.29 is 14.7 Å². The van der Waals surface area contributed by atoms with Crippen LogP contribution < -0.4 is 5.32 Å². The molecule has 0 saturated heterocycles. The van der Waals surface area contributed by atoms with Gasteiger partial charge in [0.1, 0.15) is 5.69 Å². The van der Waals surface area contributed by atoms with Crippen LogP contribution in [0, 0.1) is 6.92 Å². The van der Waals surface area contributed by atoms with E-state index < -0.39 is 5.97 Å². The number of aromatic nitrogens is 2. The van der Waals surface area contributed by atoms with Crippen LogP contribution in [-0.2, 0) is 18.3 Å². The zero-order valence-corrected chi connectivity index (χ0v) is 12.0. The van der Waals surface area contributed by atoms with Gasteiger partial charge in [0.2, 0.25) is 0 Å². The monoisotopic (exact) mass is 287 g/mol. The summed E-state index contributed by atoms with van der Waals surface area (Å²) < 4.78 is 1.52. The van der Waals surface area contributed by atoms with E-state index in [9.17, 15) is 9.59 Å². The molecule has 2 aromatic rings. The minimum atomic E-state index is -0.863. The van der Waals surface area contributed by atoms with Crippen LogP contribution in [-0.4, -0.2) is 26.8 Å². The van der Waals surface area contributed by atoms with Gasteiger partial charge in [-0.25, -0.2) is 0 Å². The van der Waals surface area contributed by atoms with E-state index in [0.29, 0.717) is 17.8 Å². The molecule has 0 aliphatic rings. The number of anilines is 1. The van der Waals surface area contributed by atoms with Crippen molar-refractivity contribution in [1.29, 1.82) is 0 Å². The fraction of sp³-hybridized carbons (Fsp3) is 0.267. The lowest BCUT2D eigenvalue weighted by Gasteiger charge is -2.10. The van der Waals surface area contributed by atoms with Gasteiger partial charge in [0, 0.05) is 19.2 Å². The van der Waals surface area contributed by atoms with E-state index in [2.05, 4.69) is 10.4 Å². The normalized spacial score (nSPS) is 10.4. The largest absolute Gasteiger partial charge is 0.481 e. The number of aryl methyl sites for hydroxylation is 3. The van der Waals surface area contributed by atoms with Gasteiger partial charge in [-0.1, -0.05) is 18.2 Å². The second-order valence-corrected chi connectivity index (χ2v) is 4.80. The fourth-order valence-corrected chi connectivity index (χ4v) is 2.11. The molecule has 21 heavy (non-hydrogen) atoms. The van der Waals surface area contributed by atoms with Crippen LogP contribution in [0.25, 0.3) is 0 Å². The molecule has 6 heteroatoms. The topological polar surface area (TPSA) is 84.2 Å². The van der Waals surface area contributed by atoms with Crippen molar-refractivity contribution in [2.75, 3.05) is 5.32 Å². The number of nitrogens with zero attached hydrogens (tertiary/aromatic N) is 2. The van der Waals surface area contributed by atoms with Gasteiger partial charge < -0.3 is 10.4 Å². The number of carboxylic acids is 1. The first-order chi connectivity index (χ1) is 9.97. The molecule has 2 rings (SSSR count). The van der Waals surface area contributed by atoms with Crippen LogP contribution in [0.15, 0.2) is 30.3 Å². The van der Waals surface area contributed by atoms with Crippen LogP contribution in [0.4, 0.5) is 5.69 Å². The summed E-state index contributed by atoms with van der Waals surface area (Å²) in [4.78, 5) is 22.9. The van der Waals surface area contributed by atoms with Crippen molar-refractivity contribution in [2.24, 2.45) is 7.05 Å². The Morgan fingerprint density at radius 3 is 2.67 bits per heavy atom. The van der Waals surface area contributed by atoms with E-state index in [4.69, 9.17) is 5.11 Å². The molecule has 0 fully saturated rings. The molecule has 0 bridgehead atoms. The highest BCUT2D eigenvalue weighted by molar-refractivity contribution is 6.03. The Labute approximate surface area is 122 Å². The van der Waals surface area contributed by atoms with Gasteiger partial charge in [0.05, 0.1) is 5.69 Å². The SMILES string of the molecule is Cc1cc(C(=O)Nc2ccccc2CCC(=O)O)n(C)n1. The van der Waals surface area contributed by atoms with Crippen LogP contribution in [0.2, 0.25) is 0 Å². The third kappa shape index (κ3) is 3.68. The maximum atomic E-state index is 12.3. The molecule has 1 heterocycles. The molecular weight excluding hydrogens is 270 g/mol. The molecule has 2 N–H and O–H groups in total. The van der Waals surface area contributed by atoms with Gasteiger partial charge in [-0.2, -0.15) is 5.10 Å². The first-order valence-corrected chi connectivity index (χ1v) is 6.59. The number of benzene rings is 1. The number of nitrogens with one attached hydrogen (secondary N) is 1. The Morgan fingerprint density at radius 1 is 1.33 bits per heavy atom. The van der Waals surface area contributed by atoms with Crippen molar-refractivity contribution in [3.63, 3.8) is 0 Å². The first-order valence-electron chi connectivity index (χ1n) is 6.59. The van der Waals surface area contributed by atoms with Gasteiger partial charge in [0.15, 0.2) is 0 Å². The van der Waals surface area contributed by atoms with E-state index >= 15 is 0 Å². The minimum Gasteiger partial charge on any atom is -0.481 e. The quantitative estimate of drug-likeness (QED) is 0.881. The zero-order valence-electron chi connectivity index (χ0n) is 12.0. The summed E-state index contributed by atoms with van der Waals surface area (Å²) >= 11 is 0. The molecule has 1 aromatic heterocycles. The van der Waals surface area contributed by atoms with Crippen molar-refractivity contribution >= 4 is 17.6 Å². The second kappa shape index (κ2) is 6.21. The predicted molar refractivity (Wildman–Crippen MR) is 78.3 cm³/mol. The minimum absolute atomic E-state index is 0.0255. The van der Waals surface area contributed by atoms with Crippen LogP contribution >= 0.6 is 0 Å². The molecule has 0 radical (unpaired) electrons. The van der Waals surface area contributed by atoms with Crippen LogP contribution in [0.1, 0.15) is 28.2 Å². The molecule has 6 nitrogen and oxygen atoms in total. The van der Waals surface area contributed by atoms with Crippen molar-refractivity contribution in [3.05, 3.63) is 47.3 Å². The summed E-state index contributed by atoms with van der Waals surface area (Å²) in [6.07, 6.45) is 0.397. The summed E-state index contributed by atoms with van der Waals surface area (Å²) in [6.45, 7) is 1.82. The Morgan fingerprint density at radius 2 is 2.05 bits per heavy atom. The van der Waals surface area contributed by atoms with E-state index in [-0.39, 0.29) is 12.3 Å². The van der Waals surface area contributed by atoms with Gasteiger partial charge in [-0.3, -0.25) is 14.3 Å². The molecule has 0 saturated carbocycles. The number of hydrogen-bond acceptors (Lipinski definition) is 3. The summed E-state index contributed by atoms with van der Waals surface area (Å²) in [7, 11) is 1.71. The molecular formula is C15H17N3O3. The molecule has 1 amide bonds. The van der Waals surface area contributed by atoms with E-state index in [0.717, 1.165) is 11.3 Å². The molecule has 0 atom stereocenters. The van der Waals surface area contributed by atoms with Crippen LogP contribution in [0.5, 0.6) is 0 Å². The molecule has 0 unspecified atom stereocenters. The average Bonchev–Trinajstić information content (AvgIpc) is 2.76. The van der Waals surface area contributed by atoms with Gasteiger partial charge >= 0.3 is 5.97 Å². The van der Waals surface area contributed by atoms with Crippen molar-refractivity contribution in [1.82, 2.24) is 9.78 Å². The number of amides is 1. The third-order valence-electron chi connectivity index (χ3n) is 3.11. The summed E-state index contributed by atoms with van der Waals surface area (Å²) in [5, 5.41) is 15.7. The standard InChI is InChI=1S/C15H17N3O3/c1-10-9-13(18(2)17-10)15(21)16-12-6-4-3-5-11(12)7-8-14(19)20/h3-6,9H,7-8H2,1-2H3,(H,16,21)(H,19,20). The molecule has 0 aliphatic heterocycles. The smallest absolute Gasteiger partial charge is 0.303 e. The number of rotatable bonds is 5. The lowest BCUT2D eigenvalue weighted by Crippen LogP contribution is -2.17.